The van der Waals surface area contributed by atoms with E-state index in [0.29, 0.717) is 0 Å². The number of hydrogen-bond acceptors (Lipinski definition) is 2. The van der Waals surface area contributed by atoms with Crippen LogP contribution < -0.4 is 5.32 Å². The maximum Gasteiger partial charge on any atom is 0.0881 e. The minimum atomic E-state index is 0.825. The molecule has 0 fully saturated rings. The molecule has 18 heavy (non-hydrogen) atoms. The molecule has 4 nitrogen and oxygen atoms in total. The number of hydrogen-bond donors (Lipinski definition) is 2. The highest BCUT2D eigenvalue weighted by molar-refractivity contribution is 5.89. The summed E-state index contributed by atoms with van der Waals surface area (Å²) in [7, 11) is 0. The summed E-state index contributed by atoms with van der Waals surface area (Å²) in [5.41, 5.74) is 3.44. The van der Waals surface area contributed by atoms with Crippen molar-refractivity contribution in [3.8, 4) is 0 Å². The van der Waals surface area contributed by atoms with Crippen LogP contribution in [0.4, 0.5) is 5.69 Å². The first-order chi connectivity index (χ1) is 8.86. The summed E-state index contributed by atoms with van der Waals surface area (Å²) in [6, 6.07) is 8.30. The van der Waals surface area contributed by atoms with Crippen molar-refractivity contribution in [2.75, 3.05) is 5.32 Å². The fourth-order valence-electron chi connectivity index (χ4n) is 2.11. The van der Waals surface area contributed by atoms with Crippen LogP contribution in [0, 0.1) is 0 Å². The standard InChI is InChI=1S/C14H16N4/c1-2-18-7-6-11(10-18)8-15-13-5-3-4-12-9-16-17-14(12)13/h3-7,9-10,15H,2,8H2,1H3,(H,16,17). The van der Waals surface area contributed by atoms with Crippen LogP contribution in [-0.2, 0) is 13.1 Å². The van der Waals surface area contributed by atoms with Gasteiger partial charge in [0.2, 0.25) is 0 Å². The first-order valence-corrected chi connectivity index (χ1v) is 6.17. The fraction of sp³-hybridized carbons (Fsp3) is 0.214. The molecule has 4 heteroatoms. The topological polar surface area (TPSA) is 45.6 Å². The van der Waals surface area contributed by atoms with Gasteiger partial charge in [-0.2, -0.15) is 5.10 Å². The quantitative estimate of drug-likeness (QED) is 0.736. The van der Waals surface area contributed by atoms with Crippen LogP contribution in [0.15, 0.2) is 42.9 Å². The molecule has 0 saturated carbocycles. The lowest BCUT2D eigenvalue weighted by atomic mass is 10.2. The number of para-hydroxylation sites is 1. The predicted molar refractivity (Wildman–Crippen MR) is 73.5 cm³/mol. The third kappa shape index (κ3) is 1.97. The van der Waals surface area contributed by atoms with E-state index in [0.717, 1.165) is 29.7 Å². The summed E-state index contributed by atoms with van der Waals surface area (Å²) >= 11 is 0. The highest BCUT2D eigenvalue weighted by Crippen LogP contribution is 2.21. The average Bonchev–Trinajstić information content (AvgIpc) is 3.05. The summed E-state index contributed by atoms with van der Waals surface area (Å²) in [6.45, 7) is 3.98. The molecule has 0 aliphatic carbocycles. The molecule has 3 aromatic rings. The predicted octanol–water partition coefficient (Wildman–Crippen LogP) is 3.00. The number of nitrogens with zero attached hydrogens (tertiary/aromatic N) is 2. The number of aryl methyl sites for hydroxylation is 1. The van der Waals surface area contributed by atoms with Gasteiger partial charge in [0.1, 0.15) is 0 Å². The van der Waals surface area contributed by atoms with Crippen LogP contribution in [0.5, 0.6) is 0 Å². The molecule has 3 rings (SSSR count). The summed E-state index contributed by atoms with van der Waals surface area (Å²) in [5, 5.41) is 11.7. The highest BCUT2D eigenvalue weighted by Gasteiger charge is 2.02. The fourth-order valence-corrected chi connectivity index (χ4v) is 2.11. The lowest BCUT2D eigenvalue weighted by molar-refractivity contribution is 0.766. The zero-order valence-corrected chi connectivity index (χ0v) is 10.4. The van der Waals surface area contributed by atoms with E-state index in [9.17, 15) is 0 Å². The Morgan fingerprint density at radius 2 is 2.28 bits per heavy atom. The number of benzene rings is 1. The number of aromatic nitrogens is 3. The van der Waals surface area contributed by atoms with Gasteiger partial charge in [0.05, 0.1) is 17.4 Å². The normalized spacial score (nSPS) is 10.9. The summed E-state index contributed by atoms with van der Waals surface area (Å²) in [4.78, 5) is 0. The minimum absolute atomic E-state index is 0.825. The van der Waals surface area contributed by atoms with E-state index in [-0.39, 0.29) is 0 Å². The van der Waals surface area contributed by atoms with Gasteiger partial charge in [-0.15, -0.1) is 0 Å². The molecule has 0 bridgehead atoms. The van der Waals surface area contributed by atoms with Crippen LogP contribution >= 0.6 is 0 Å². The van der Waals surface area contributed by atoms with Gasteiger partial charge in [-0.25, -0.2) is 0 Å². The van der Waals surface area contributed by atoms with Gasteiger partial charge < -0.3 is 9.88 Å². The Balaban J connectivity index is 1.78. The molecule has 0 saturated heterocycles. The van der Waals surface area contributed by atoms with Gasteiger partial charge in [0, 0.05) is 30.9 Å². The third-order valence-electron chi connectivity index (χ3n) is 3.14. The Hall–Kier alpha value is -2.23. The SMILES string of the molecule is CCn1ccc(CNc2cccc3cn[nH]c23)c1. The van der Waals surface area contributed by atoms with Crippen LogP contribution in [0.2, 0.25) is 0 Å². The molecular weight excluding hydrogens is 224 g/mol. The monoisotopic (exact) mass is 240 g/mol. The number of H-pyrrole nitrogens is 1. The van der Waals surface area contributed by atoms with Gasteiger partial charge in [-0.3, -0.25) is 5.10 Å². The minimum Gasteiger partial charge on any atom is -0.379 e. The Morgan fingerprint density at radius 3 is 3.11 bits per heavy atom. The number of nitrogens with one attached hydrogen (secondary N) is 2. The number of rotatable bonds is 4. The van der Waals surface area contributed by atoms with Crippen molar-refractivity contribution >= 4 is 16.6 Å². The second kappa shape index (κ2) is 4.56. The van der Waals surface area contributed by atoms with E-state index in [2.05, 4.69) is 57.6 Å². The van der Waals surface area contributed by atoms with Gasteiger partial charge in [0.25, 0.3) is 0 Å². The second-order valence-electron chi connectivity index (χ2n) is 4.34. The van der Waals surface area contributed by atoms with Crippen molar-refractivity contribution in [2.45, 2.75) is 20.0 Å². The molecule has 0 radical (unpaired) electrons. The van der Waals surface area contributed by atoms with Gasteiger partial charge in [-0.05, 0) is 24.6 Å². The molecule has 2 aromatic heterocycles. The van der Waals surface area contributed by atoms with Crippen molar-refractivity contribution in [1.29, 1.82) is 0 Å². The van der Waals surface area contributed by atoms with Crippen LogP contribution in [0.25, 0.3) is 10.9 Å². The second-order valence-corrected chi connectivity index (χ2v) is 4.34. The zero-order valence-electron chi connectivity index (χ0n) is 10.4. The Kier molecular flexibility index (Phi) is 2.76. The smallest absolute Gasteiger partial charge is 0.0881 e. The molecule has 0 unspecified atom stereocenters. The lowest BCUT2D eigenvalue weighted by Gasteiger charge is -2.06. The molecule has 2 N–H and O–H groups in total. The zero-order chi connectivity index (χ0) is 12.4. The molecule has 0 aliphatic heterocycles. The van der Waals surface area contributed by atoms with Crippen molar-refractivity contribution in [3.05, 3.63) is 48.4 Å². The third-order valence-corrected chi connectivity index (χ3v) is 3.14. The van der Waals surface area contributed by atoms with Gasteiger partial charge in [0.15, 0.2) is 0 Å². The average molecular weight is 240 g/mol. The maximum absolute atomic E-state index is 4.07. The van der Waals surface area contributed by atoms with E-state index < -0.39 is 0 Å². The molecule has 92 valence electrons. The molecule has 2 heterocycles. The first kappa shape index (κ1) is 10.9. The van der Waals surface area contributed by atoms with Crippen LogP contribution in [-0.4, -0.2) is 14.8 Å². The highest BCUT2D eigenvalue weighted by atomic mass is 15.1. The van der Waals surface area contributed by atoms with E-state index in [1.54, 1.807) is 0 Å². The molecular formula is C14H16N4. The summed E-state index contributed by atoms with van der Waals surface area (Å²) < 4.78 is 2.17. The lowest BCUT2D eigenvalue weighted by Crippen LogP contribution is -1.99. The van der Waals surface area contributed by atoms with E-state index in [1.165, 1.54) is 5.56 Å². The first-order valence-electron chi connectivity index (χ1n) is 6.17. The maximum atomic E-state index is 4.07. The van der Waals surface area contributed by atoms with Crippen molar-refractivity contribution in [3.63, 3.8) is 0 Å². The number of fused-ring (bicyclic) bond motifs is 1. The Bertz CT molecular complexity index is 650. The Labute approximate surface area is 106 Å². The Morgan fingerprint density at radius 1 is 1.33 bits per heavy atom. The molecule has 0 amide bonds. The van der Waals surface area contributed by atoms with Crippen molar-refractivity contribution < 1.29 is 0 Å². The molecule has 1 aromatic carbocycles. The molecule has 0 aliphatic rings. The van der Waals surface area contributed by atoms with E-state index in [4.69, 9.17) is 0 Å². The van der Waals surface area contributed by atoms with Crippen molar-refractivity contribution in [1.82, 2.24) is 14.8 Å². The summed E-state index contributed by atoms with van der Waals surface area (Å²) in [5.74, 6) is 0. The van der Waals surface area contributed by atoms with E-state index >= 15 is 0 Å². The van der Waals surface area contributed by atoms with Crippen molar-refractivity contribution in [2.24, 2.45) is 0 Å². The van der Waals surface area contributed by atoms with Crippen LogP contribution in [0.1, 0.15) is 12.5 Å². The van der Waals surface area contributed by atoms with E-state index in [1.807, 2.05) is 12.3 Å². The number of aromatic amines is 1. The van der Waals surface area contributed by atoms with Gasteiger partial charge >= 0.3 is 0 Å². The largest absolute Gasteiger partial charge is 0.379 e. The van der Waals surface area contributed by atoms with Crippen LogP contribution in [0.3, 0.4) is 0 Å². The number of anilines is 1. The van der Waals surface area contributed by atoms with Gasteiger partial charge in [-0.1, -0.05) is 12.1 Å². The molecule has 0 spiro atoms. The molecule has 0 atom stereocenters. The summed E-state index contributed by atoms with van der Waals surface area (Å²) in [6.07, 6.45) is 6.11.